The van der Waals surface area contributed by atoms with Crippen LogP contribution in [0.15, 0.2) is 10.3 Å². The van der Waals surface area contributed by atoms with Gasteiger partial charge in [-0.1, -0.05) is 19.9 Å². The second-order valence-electron chi connectivity index (χ2n) is 1.39. The van der Waals surface area contributed by atoms with E-state index >= 15 is 0 Å². The molecule has 0 aliphatic heterocycles. The number of allylic oxidation sites excluding steroid dienone is 1. The second-order valence-corrected chi connectivity index (χ2v) is 4.26. The highest BCUT2D eigenvalue weighted by Crippen LogP contribution is 2.26. The van der Waals surface area contributed by atoms with Crippen molar-refractivity contribution in [2.75, 3.05) is 11.5 Å². The molecular formula is C7H13S2. The molecule has 9 heavy (non-hydrogen) atoms. The molecule has 1 radical (unpaired) electrons. The van der Waals surface area contributed by atoms with Crippen molar-refractivity contribution in [2.45, 2.75) is 13.8 Å². The Morgan fingerprint density at radius 3 is 2.00 bits per heavy atom. The van der Waals surface area contributed by atoms with Crippen LogP contribution in [0.1, 0.15) is 13.8 Å². The summed E-state index contributed by atoms with van der Waals surface area (Å²) in [5, 5.41) is 0. The molecule has 2 heteroatoms. The first-order valence-corrected chi connectivity index (χ1v) is 5.07. The largest absolute Gasteiger partial charge is 0.120 e. The van der Waals surface area contributed by atoms with Crippen LogP contribution in [-0.2, 0) is 0 Å². The molecule has 0 saturated heterocycles. The molecule has 53 valence electrons. The van der Waals surface area contributed by atoms with E-state index in [0.717, 1.165) is 11.5 Å². The van der Waals surface area contributed by atoms with Gasteiger partial charge in [-0.2, -0.15) is 0 Å². The smallest absolute Gasteiger partial charge is 0.0360 e. The van der Waals surface area contributed by atoms with Gasteiger partial charge in [-0.3, -0.25) is 0 Å². The van der Waals surface area contributed by atoms with Crippen LogP contribution in [0.3, 0.4) is 0 Å². The third-order valence-electron chi connectivity index (χ3n) is 0.740. The minimum atomic E-state index is 1.15. The molecule has 0 heterocycles. The molecule has 0 aliphatic rings. The fourth-order valence-corrected chi connectivity index (χ4v) is 2.29. The lowest BCUT2D eigenvalue weighted by atomic mass is 10.8. The van der Waals surface area contributed by atoms with E-state index in [1.807, 2.05) is 29.6 Å². The van der Waals surface area contributed by atoms with Crippen LogP contribution >= 0.6 is 23.5 Å². The fraction of sp³-hybridized carbons (Fsp3) is 0.571. The van der Waals surface area contributed by atoms with E-state index < -0.39 is 0 Å². The topological polar surface area (TPSA) is 0 Å². The minimum absolute atomic E-state index is 1.15. The lowest BCUT2D eigenvalue weighted by Crippen LogP contribution is -1.72. The number of thioether (sulfide) groups is 2. The number of hydrogen-bond donors (Lipinski definition) is 0. The first-order valence-electron chi connectivity index (χ1n) is 3.10. The molecule has 0 fully saturated rings. The quantitative estimate of drug-likeness (QED) is 0.621. The van der Waals surface area contributed by atoms with Crippen molar-refractivity contribution >= 4 is 23.5 Å². The fourth-order valence-electron chi connectivity index (χ4n) is 0.444. The molecule has 0 aromatic carbocycles. The predicted octanol–water partition coefficient (Wildman–Crippen LogP) is 3.17. The molecule has 0 bridgehead atoms. The van der Waals surface area contributed by atoms with E-state index in [9.17, 15) is 0 Å². The first kappa shape index (κ1) is 9.44. The Hall–Kier alpha value is 0.440. The van der Waals surface area contributed by atoms with E-state index in [0.29, 0.717) is 0 Å². The summed E-state index contributed by atoms with van der Waals surface area (Å²) in [5.41, 5.74) is 0. The lowest BCUT2D eigenvalue weighted by molar-refractivity contribution is 1.52. The van der Waals surface area contributed by atoms with E-state index in [1.54, 1.807) is 0 Å². The van der Waals surface area contributed by atoms with Gasteiger partial charge in [-0.05, 0) is 18.4 Å². The molecule has 0 N–H and O–H groups in total. The zero-order chi connectivity index (χ0) is 7.11. The third kappa shape index (κ3) is 4.91. The van der Waals surface area contributed by atoms with Crippen LogP contribution < -0.4 is 0 Å². The van der Waals surface area contributed by atoms with Crippen LogP contribution in [0.2, 0.25) is 0 Å². The molecule has 0 aromatic rings. The van der Waals surface area contributed by atoms with Gasteiger partial charge in [0, 0.05) is 4.24 Å². The van der Waals surface area contributed by atoms with Crippen molar-refractivity contribution in [3.63, 3.8) is 0 Å². The molecule has 0 aliphatic carbocycles. The summed E-state index contributed by atoms with van der Waals surface area (Å²) in [6.45, 7) is 8.03. The van der Waals surface area contributed by atoms with Crippen molar-refractivity contribution in [3.8, 4) is 0 Å². The molecule has 0 nitrogen and oxygen atoms in total. The molecular weight excluding hydrogens is 148 g/mol. The Morgan fingerprint density at radius 1 is 1.33 bits per heavy atom. The van der Waals surface area contributed by atoms with Gasteiger partial charge in [0.05, 0.1) is 0 Å². The predicted molar refractivity (Wildman–Crippen MR) is 49.7 cm³/mol. The summed E-state index contributed by atoms with van der Waals surface area (Å²) < 4.78 is 1.35. The lowest BCUT2D eigenvalue weighted by Gasteiger charge is -1.99. The highest BCUT2D eigenvalue weighted by atomic mass is 32.2. The Labute approximate surface area is 66.5 Å². The molecule has 0 atom stereocenters. The van der Waals surface area contributed by atoms with Gasteiger partial charge in [0.25, 0.3) is 0 Å². The Kier molecular flexibility index (Phi) is 6.88. The average Bonchev–Trinajstić information content (AvgIpc) is 1.88. The summed E-state index contributed by atoms with van der Waals surface area (Å²) in [5.74, 6) is 2.29. The maximum absolute atomic E-state index is 3.72. The normalized spacial score (nSPS) is 9.22. The van der Waals surface area contributed by atoms with E-state index in [-0.39, 0.29) is 0 Å². The molecule has 0 unspecified atom stereocenters. The van der Waals surface area contributed by atoms with Crippen molar-refractivity contribution in [2.24, 2.45) is 0 Å². The number of hydrogen-bond acceptors (Lipinski definition) is 2. The Balaban J connectivity index is 3.43. The summed E-state index contributed by atoms with van der Waals surface area (Å²) in [7, 11) is 0. The van der Waals surface area contributed by atoms with Crippen LogP contribution in [0.25, 0.3) is 0 Å². The molecule has 0 spiro atoms. The highest BCUT2D eigenvalue weighted by Gasteiger charge is 1.91. The molecule has 0 amide bonds. The van der Waals surface area contributed by atoms with Gasteiger partial charge in [0.2, 0.25) is 0 Å². The monoisotopic (exact) mass is 161 g/mol. The minimum Gasteiger partial charge on any atom is -0.120 e. The van der Waals surface area contributed by atoms with Crippen molar-refractivity contribution in [1.82, 2.24) is 0 Å². The van der Waals surface area contributed by atoms with E-state index in [2.05, 4.69) is 20.8 Å². The van der Waals surface area contributed by atoms with E-state index in [1.165, 1.54) is 4.24 Å². The van der Waals surface area contributed by atoms with Crippen LogP contribution in [0, 0.1) is 6.92 Å². The summed E-state index contributed by atoms with van der Waals surface area (Å²) in [6.07, 6.45) is 1.93. The molecule has 0 rings (SSSR count). The van der Waals surface area contributed by atoms with Gasteiger partial charge >= 0.3 is 0 Å². The van der Waals surface area contributed by atoms with Crippen molar-refractivity contribution < 1.29 is 0 Å². The maximum atomic E-state index is 3.72. The SMILES string of the molecule is [CH2]C=C(SCC)SCC. The average molecular weight is 161 g/mol. The molecule has 0 aromatic heterocycles. The first-order chi connectivity index (χ1) is 4.35. The maximum Gasteiger partial charge on any atom is 0.0360 e. The van der Waals surface area contributed by atoms with Crippen LogP contribution in [-0.4, -0.2) is 11.5 Å². The van der Waals surface area contributed by atoms with E-state index in [4.69, 9.17) is 0 Å². The molecule has 0 saturated carbocycles. The standard InChI is InChI=1S/C7H13S2/c1-4-7(8-5-2)9-6-3/h4H,1,5-6H2,2-3H3. The summed E-state index contributed by atoms with van der Waals surface area (Å²) in [4.78, 5) is 0. The Morgan fingerprint density at radius 2 is 1.78 bits per heavy atom. The van der Waals surface area contributed by atoms with Crippen LogP contribution in [0.4, 0.5) is 0 Å². The van der Waals surface area contributed by atoms with Gasteiger partial charge in [-0.25, -0.2) is 0 Å². The van der Waals surface area contributed by atoms with Crippen LogP contribution in [0.5, 0.6) is 0 Å². The zero-order valence-electron chi connectivity index (χ0n) is 6.02. The highest BCUT2D eigenvalue weighted by molar-refractivity contribution is 8.22. The zero-order valence-corrected chi connectivity index (χ0v) is 7.65. The summed E-state index contributed by atoms with van der Waals surface area (Å²) >= 11 is 3.73. The Bertz CT molecular complexity index is 78.9. The van der Waals surface area contributed by atoms with Crippen molar-refractivity contribution in [3.05, 3.63) is 17.2 Å². The second kappa shape index (κ2) is 6.56. The van der Waals surface area contributed by atoms with Crippen molar-refractivity contribution in [1.29, 1.82) is 0 Å². The van der Waals surface area contributed by atoms with Gasteiger partial charge in [0.15, 0.2) is 0 Å². The third-order valence-corrected chi connectivity index (χ3v) is 2.93. The van der Waals surface area contributed by atoms with Gasteiger partial charge in [0.1, 0.15) is 0 Å². The summed E-state index contributed by atoms with van der Waals surface area (Å²) in [6, 6.07) is 0. The van der Waals surface area contributed by atoms with Gasteiger partial charge < -0.3 is 0 Å². The van der Waals surface area contributed by atoms with Gasteiger partial charge in [-0.15, -0.1) is 23.5 Å². The number of rotatable bonds is 4.